The summed E-state index contributed by atoms with van der Waals surface area (Å²) in [6.07, 6.45) is 0.952. The minimum atomic E-state index is -3.63. The number of anilines is 1. The van der Waals surface area contributed by atoms with Crippen molar-refractivity contribution in [3.8, 4) is 10.4 Å². The molecule has 7 nitrogen and oxygen atoms in total. The van der Waals surface area contributed by atoms with Gasteiger partial charge in [-0.15, -0.1) is 0 Å². The molecule has 2 aromatic rings. The van der Waals surface area contributed by atoms with Crippen molar-refractivity contribution in [2.24, 2.45) is 0 Å². The number of nitrogens with zero attached hydrogens (tertiary/aromatic N) is 1. The van der Waals surface area contributed by atoms with Gasteiger partial charge < -0.3 is 10.1 Å². The van der Waals surface area contributed by atoms with E-state index in [9.17, 15) is 17.6 Å². The number of methoxy groups -OCH3 is 1. The lowest BCUT2D eigenvalue weighted by atomic mass is 10.1. The van der Waals surface area contributed by atoms with Gasteiger partial charge in [0.2, 0.25) is 0 Å². The third-order valence-electron chi connectivity index (χ3n) is 3.20. The summed E-state index contributed by atoms with van der Waals surface area (Å²) < 4.78 is 41.9. The molecule has 25 heavy (non-hydrogen) atoms. The zero-order chi connectivity index (χ0) is 18.6. The summed E-state index contributed by atoms with van der Waals surface area (Å²) in [5.41, 5.74) is 1.09. The molecule has 0 atom stereocenters. The van der Waals surface area contributed by atoms with Crippen LogP contribution in [-0.4, -0.2) is 46.0 Å². The molecular weight excluding hydrogens is 369 g/mol. The lowest BCUT2D eigenvalue weighted by molar-refractivity contribution is 0.198. The van der Waals surface area contributed by atoms with Gasteiger partial charge in [0.1, 0.15) is 10.7 Å². The lowest BCUT2D eigenvalue weighted by Crippen LogP contribution is -2.31. The molecule has 0 saturated carbocycles. The molecule has 0 spiro atoms. The van der Waals surface area contributed by atoms with Crippen LogP contribution in [0.3, 0.4) is 0 Å². The fraction of sp³-hybridized carbons (Fsp3) is 0.333. The third kappa shape index (κ3) is 4.97. The van der Waals surface area contributed by atoms with Crippen molar-refractivity contribution in [3.63, 3.8) is 0 Å². The van der Waals surface area contributed by atoms with E-state index in [2.05, 4.69) is 15.6 Å². The first-order valence-corrected chi connectivity index (χ1v) is 9.94. The van der Waals surface area contributed by atoms with E-state index >= 15 is 0 Å². The molecule has 0 fully saturated rings. The molecule has 2 rings (SSSR count). The molecule has 1 heterocycles. The highest BCUT2D eigenvalue weighted by atomic mass is 32.2. The van der Waals surface area contributed by atoms with Crippen LogP contribution in [0.15, 0.2) is 23.1 Å². The number of aromatic nitrogens is 1. The number of benzene rings is 1. The topological polar surface area (TPSA) is 97.4 Å². The van der Waals surface area contributed by atoms with Crippen LogP contribution < -0.4 is 10.6 Å². The monoisotopic (exact) mass is 387 g/mol. The number of thiazole rings is 1. The van der Waals surface area contributed by atoms with E-state index in [1.807, 2.05) is 0 Å². The maximum Gasteiger partial charge on any atom is 0.321 e. The Bertz CT molecular complexity index is 881. The first-order valence-electron chi connectivity index (χ1n) is 7.23. The van der Waals surface area contributed by atoms with Crippen LogP contribution in [0.25, 0.3) is 10.4 Å². The maximum absolute atomic E-state index is 14.1. The van der Waals surface area contributed by atoms with Crippen LogP contribution in [0.1, 0.15) is 5.69 Å². The Hall–Kier alpha value is -2.04. The summed E-state index contributed by atoms with van der Waals surface area (Å²) in [5.74, 6) is -0.820. The number of carbonyl (C=O) groups excluding carboxylic acids is 1. The smallest absolute Gasteiger partial charge is 0.321 e. The van der Waals surface area contributed by atoms with Gasteiger partial charge in [0.25, 0.3) is 0 Å². The predicted octanol–water partition coefficient (Wildman–Crippen LogP) is 2.43. The van der Waals surface area contributed by atoms with E-state index in [1.54, 1.807) is 6.92 Å². The van der Waals surface area contributed by atoms with Crippen molar-refractivity contribution in [2.45, 2.75) is 11.8 Å². The van der Waals surface area contributed by atoms with Gasteiger partial charge in [-0.2, -0.15) is 0 Å². The number of halogens is 1. The van der Waals surface area contributed by atoms with Gasteiger partial charge in [0, 0.05) is 19.9 Å². The molecule has 1 aromatic carbocycles. The molecule has 2 N–H and O–H groups in total. The number of carbonyl (C=O) groups is 1. The SMILES string of the molecule is COCCNC(=O)Nc1nc(C)c(-c2ccc(S(C)(=O)=O)c(F)c2)s1. The van der Waals surface area contributed by atoms with Crippen LogP contribution in [0.2, 0.25) is 0 Å². The first kappa shape index (κ1) is 19.3. The van der Waals surface area contributed by atoms with Crippen LogP contribution in [0, 0.1) is 12.7 Å². The summed E-state index contributed by atoms with van der Waals surface area (Å²) in [7, 11) is -2.10. The Morgan fingerprint density at radius 1 is 1.40 bits per heavy atom. The van der Waals surface area contributed by atoms with Crippen molar-refractivity contribution in [3.05, 3.63) is 29.7 Å². The summed E-state index contributed by atoms with van der Waals surface area (Å²) in [4.78, 5) is 16.2. The largest absolute Gasteiger partial charge is 0.383 e. The number of hydrogen-bond donors (Lipinski definition) is 2. The summed E-state index contributed by atoms with van der Waals surface area (Å²) in [5, 5.41) is 5.55. The number of sulfone groups is 1. The molecule has 0 unspecified atom stereocenters. The van der Waals surface area contributed by atoms with Gasteiger partial charge in [0.15, 0.2) is 15.0 Å². The second kappa shape index (κ2) is 7.89. The summed E-state index contributed by atoms with van der Waals surface area (Å²) >= 11 is 1.17. The van der Waals surface area contributed by atoms with Gasteiger partial charge >= 0.3 is 6.03 Å². The van der Waals surface area contributed by atoms with Crippen molar-refractivity contribution in [1.29, 1.82) is 0 Å². The first-order chi connectivity index (χ1) is 11.7. The highest BCUT2D eigenvalue weighted by Crippen LogP contribution is 2.34. The number of hydrogen-bond acceptors (Lipinski definition) is 6. The van der Waals surface area contributed by atoms with Gasteiger partial charge in [-0.25, -0.2) is 22.6 Å². The fourth-order valence-electron chi connectivity index (χ4n) is 2.07. The summed E-state index contributed by atoms with van der Waals surface area (Å²) in [6.45, 7) is 2.47. The lowest BCUT2D eigenvalue weighted by Gasteiger charge is -2.04. The second-order valence-corrected chi connectivity index (χ2v) is 8.21. The van der Waals surface area contributed by atoms with E-state index in [0.717, 1.165) is 12.3 Å². The van der Waals surface area contributed by atoms with Crippen LogP contribution in [-0.2, 0) is 14.6 Å². The second-order valence-electron chi connectivity index (χ2n) is 5.22. The minimum absolute atomic E-state index is 0.353. The van der Waals surface area contributed by atoms with Gasteiger partial charge in [-0.1, -0.05) is 17.4 Å². The average molecular weight is 387 g/mol. The van der Waals surface area contributed by atoms with E-state index < -0.39 is 21.7 Å². The number of urea groups is 1. The predicted molar refractivity (Wildman–Crippen MR) is 94.3 cm³/mol. The number of amides is 2. The molecule has 0 radical (unpaired) electrons. The highest BCUT2D eigenvalue weighted by molar-refractivity contribution is 7.90. The van der Waals surface area contributed by atoms with Crippen molar-refractivity contribution in [1.82, 2.24) is 10.3 Å². The third-order valence-corrected chi connectivity index (χ3v) is 5.45. The molecule has 0 aliphatic heterocycles. The molecule has 136 valence electrons. The summed E-state index contributed by atoms with van der Waals surface area (Å²) in [6, 6.07) is 3.47. The number of ether oxygens (including phenoxy) is 1. The quantitative estimate of drug-likeness (QED) is 0.742. The van der Waals surface area contributed by atoms with Crippen molar-refractivity contribution >= 4 is 32.3 Å². The van der Waals surface area contributed by atoms with E-state index in [4.69, 9.17) is 4.74 Å². The molecule has 0 aliphatic carbocycles. The van der Waals surface area contributed by atoms with Gasteiger partial charge in [-0.3, -0.25) is 5.32 Å². The number of nitrogens with one attached hydrogen (secondary N) is 2. The minimum Gasteiger partial charge on any atom is -0.383 e. The van der Waals surface area contributed by atoms with Gasteiger partial charge in [0.05, 0.1) is 17.2 Å². The zero-order valence-electron chi connectivity index (χ0n) is 13.9. The Morgan fingerprint density at radius 2 is 2.12 bits per heavy atom. The van der Waals surface area contributed by atoms with Gasteiger partial charge in [-0.05, 0) is 24.6 Å². The van der Waals surface area contributed by atoms with Crippen molar-refractivity contribution < 1.29 is 22.3 Å². The molecule has 0 saturated heterocycles. The number of aryl methyl sites for hydroxylation is 1. The van der Waals surface area contributed by atoms with E-state index in [-0.39, 0.29) is 4.90 Å². The molecule has 10 heteroatoms. The van der Waals surface area contributed by atoms with E-state index in [0.29, 0.717) is 34.4 Å². The molecule has 1 aromatic heterocycles. The Labute approximate surface area is 149 Å². The highest BCUT2D eigenvalue weighted by Gasteiger charge is 2.17. The van der Waals surface area contributed by atoms with Crippen molar-refractivity contribution in [2.75, 3.05) is 31.8 Å². The maximum atomic E-state index is 14.1. The molecule has 2 amide bonds. The zero-order valence-corrected chi connectivity index (χ0v) is 15.6. The number of rotatable bonds is 6. The Balaban J connectivity index is 2.20. The van der Waals surface area contributed by atoms with Crippen LogP contribution in [0.4, 0.5) is 14.3 Å². The molecule has 0 bridgehead atoms. The Morgan fingerprint density at radius 3 is 2.72 bits per heavy atom. The van der Waals surface area contributed by atoms with Crippen LogP contribution >= 0.6 is 11.3 Å². The molecular formula is C15H18FN3O4S2. The molecule has 0 aliphatic rings. The van der Waals surface area contributed by atoms with E-state index in [1.165, 1.54) is 30.6 Å². The standard InChI is InChI=1S/C15H18FN3O4S2/c1-9-13(10-4-5-12(11(16)8-10)25(3,21)22)24-15(18-9)19-14(20)17-6-7-23-2/h4-5,8H,6-7H2,1-3H3,(H2,17,18,19,20). The fourth-order valence-corrected chi connectivity index (χ4v) is 3.75. The average Bonchev–Trinajstić information content (AvgIpc) is 2.86. The Kier molecular flexibility index (Phi) is 6.09. The normalized spacial score (nSPS) is 11.4. The van der Waals surface area contributed by atoms with Crippen LogP contribution in [0.5, 0.6) is 0 Å².